The second-order valence-corrected chi connectivity index (χ2v) is 4.42. The molecular formula is C10H7O4S. The van der Waals surface area contributed by atoms with Crippen molar-refractivity contribution in [3.8, 4) is 5.75 Å². The van der Waals surface area contributed by atoms with Crippen molar-refractivity contribution in [1.29, 1.82) is 0 Å². The molecule has 0 amide bonds. The maximum Gasteiger partial charge on any atom is 0.295 e. The summed E-state index contributed by atoms with van der Waals surface area (Å²) in [6, 6.07) is 9.54. The molecule has 1 radical (unpaired) electrons. The van der Waals surface area contributed by atoms with Crippen molar-refractivity contribution in [2.45, 2.75) is 4.90 Å². The number of phenols is 1. The van der Waals surface area contributed by atoms with Crippen molar-refractivity contribution in [3.63, 3.8) is 0 Å². The zero-order chi connectivity index (χ0) is 11.1. The van der Waals surface area contributed by atoms with E-state index in [2.05, 4.69) is 6.07 Å². The monoisotopic (exact) mass is 223 g/mol. The highest BCUT2D eigenvalue weighted by atomic mass is 32.2. The van der Waals surface area contributed by atoms with Gasteiger partial charge in [-0.1, -0.05) is 12.1 Å². The molecule has 0 aliphatic carbocycles. The van der Waals surface area contributed by atoms with Crippen LogP contribution in [-0.2, 0) is 10.1 Å². The van der Waals surface area contributed by atoms with Crippen LogP contribution in [0.3, 0.4) is 0 Å². The molecule has 0 aromatic heterocycles. The maximum absolute atomic E-state index is 11.0. The van der Waals surface area contributed by atoms with Crippen LogP contribution in [0.4, 0.5) is 0 Å². The molecule has 0 atom stereocenters. The Bertz CT molecular complexity index is 616. The van der Waals surface area contributed by atoms with E-state index in [0.717, 1.165) is 6.07 Å². The lowest BCUT2D eigenvalue weighted by Gasteiger charge is -2.04. The molecule has 2 aromatic carbocycles. The third-order valence-electron chi connectivity index (χ3n) is 2.08. The van der Waals surface area contributed by atoms with E-state index in [1.165, 1.54) is 24.3 Å². The average Bonchev–Trinajstić information content (AvgIpc) is 2.17. The first kappa shape index (κ1) is 9.95. The zero-order valence-electron chi connectivity index (χ0n) is 7.51. The van der Waals surface area contributed by atoms with Gasteiger partial charge in [0.25, 0.3) is 10.1 Å². The minimum Gasteiger partial charge on any atom is -0.507 e. The van der Waals surface area contributed by atoms with Crippen LogP contribution < -0.4 is 0 Å². The molecule has 0 fully saturated rings. The van der Waals surface area contributed by atoms with E-state index < -0.39 is 10.1 Å². The minimum atomic E-state index is -4.27. The molecular weight excluding hydrogens is 216 g/mol. The molecule has 0 aliphatic rings. The first-order valence-corrected chi connectivity index (χ1v) is 5.53. The fourth-order valence-corrected chi connectivity index (χ4v) is 2.11. The molecule has 15 heavy (non-hydrogen) atoms. The lowest BCUT2D eigenvalue weighted by atomic mass is 10.1. The molecule has 2 N–H and O–H groups in total. The second kappa shape index (κ2) is 3.22. The van der Waals surface area contributed by atoms with Gasteiger partial charge in [-0.15, -0.1) is 0 Å². The third-order valence-corrected chi connectivity index (χ3v) is 2.99. The van der Waals surface area contributed by atoms with Gasteiger partial charge in [0, 0.05) is 10.8 Å². The van der Waals surface area contributed by atoms with Gasteiger partial charge in [-0.2, -0.15) is 8.42 Å². The average molecular weight is 223 g/mol. The molecule has 0 aliphatic heterocycles. The van der Waals surface area contributed by atoms with E-state index in [0.29, 0.717) is 5.39 Å². The first-order chi connectivity index (χ1) is 7.00. The number of phenolic OH excluding ortho intramolecular Hbond substituents is 1. The molecule has 0 bridgehead atoms. The largest absolute Gasteiger partial charge is 0.507 e. The summed E-state index contributed by atoms with van der Waals surface area (Å²) in [7, 11) is -4.27. The van der Waals surface area contributed by atoms with Gasteiger partial charge < -0.3 is 5.11 Å². The molecule has 4 nitrogen and oxygen atoms in total. The van der Waals surface area contributed by atoms with E-state index in [4.69, 9.17) is 4.55 Å². The van der Waals surface area contributed by atoms with Gasteiger partial charge in [0.1, 0.15) is 10.6 Å². The quantitative estimate of drug-likeness (QED) is 0.720. The topological polar surface area (TPSA) is 74.6 Å². The molecule has 0 spiro atoms. The Morgan fingerprint density at radius 3 is 2.53 bits per heavy atom. The van der Waals surface area contributed by atoms with E-state index in [9.17, 15) is 13.5 Å². The zero-order valence-corrected chi connectivity index (χ0v) is 8.32. The van der Waals surface area contributed by atoms with Crippen molar-refractivity contribution in [2.75, 3.05) is 0 Å². The predicted octanol–water partition coefficient (Wildman–Crippen LogP) is 1.59. The van der Waals surface area contributed by atoms with Crippen LogP contribution >= 0.6 is 0 Å². The van der Waals surface area contributed by atoms with Gasteiger partial charge in [0.15, 0.2) is 0 Å². The number of benzene rings is 2. The predicted molar refractivity (Wildman–Crippen MR) is 54.3 cm³/mol. The van der Waals surface area contributed by atoms with Crippen LogP contribution in [-0.4, -0.2) is 18.1 Å². The van der Waals surface area contributed by atoms with Gasteiger partial charge in [0.05, 0.1) is 0 Å². The molecule has 0 saturated carbocycles. The Morgan fingerprint density at radius 1 is 1.13 bits per heavy atom. The standard InChI is InChI=1S/C10H7O4S/c11-9-5-6-10(15(12,13)14)8-4-2-1-3-7(8)9/h2-6,11H,(H,12,13,14). The Labute approximate surface area is 86.5 Å². The molecule has 77 valence electrons. The normalized spacial score (nSPS) is 11.8. The Balaban J connectivity index is 2.96. The first-order valence-electron chi connectivity index (χ1n) is 4.09. The van der Waals surface area contributed by atoms with Crippen molar-refractivity contribution < 1.29 is 18.1 Å². The maximum atomic E-state index is 11.0. The lowest BCUT2D eigenvalue weighted by molar-refractivity contribution is 0.479. The SMILES string of the molecule is O=S(=O)(O)c1ccc(O)c2c[c]ccc12. The van der Waals surface area contributed by atoms with Crippen molar-refractivity contribution in [1.82, 2.24) is 0 Å². The van der Waals surface area contributed by atoms with Crippen LogP contribution in [0.25, 0.3) is 10.8 Å². The number of rotatable bonds is 1. The van der Waals surface area contributed by atoms with E-state index in [1.807, 2.05) is 0 Å². The van der Waals surface area contributed by atoms with Crippen LogP contribution in [0.15, 0.2) is 35.2 Å². The Hall–Kier alpha value is -1.59. The van der Waals surface area contributed by atoms with E-state index in [-0.39, 0.29) is 16.0 Å². The summed E-state index contributed by atoms with van der Waals surface area (Å²) in [6.45, 7) is 0. The Morgan fingerprint density at radius 2 is 1.87 bits per heavy atom. The summed E-state index contributed by atoms with van der Waals surface area (Å²) >= 11 is 0. The number of hydrogen-bond donors (Lipinski definition) is 2. The van der Waals surface area contributed by atoms with Gasteiger partial charge in [-0.05, 0) is 24.3 Å². The third kappa shape index (κ3) is 1.67. The van der Waals surface area contributed by atoms with E-state index in [1.54, 1.807) is 0 Å². The minimum absolute atomic E-state index is 0.0470. The summed E-state index contributed by atoms with van der Waals surface area (Å²) in [5, 5.41) is 10.1. The fourth-order valence-electron chi connectivity index (χ4n) is 1.42. The summed E-state index contributed by atoms with van der Waals surface area (Å²) in [5.74, 6) is -0.0470. The van der Waals surface area contributed by atoms with Crippen molar-refractivity contribution in [3.05, 3.63) is 36.4 Å². The molecule has 2 rings (SSSR count). The number of aromatic hydroxyl groups is 1. The highest BCUT2D eigenvalue weighted by Gasteiger charge is 2.14. The highest BCUT2D eigenvalue weighted by molar-refractivity contribution is 7.86. The molecule has 0 unspecified atom stereocenters. The van der Waals surface area contributed by atoms with Gasteiger partial charge in [-0.25, -0.2) is 0 Å². The second-order valence-electron chi connectivity index (χ2n) is 3.03. The number of hydrogen-bond acceptors (Lipinski definition) is 3. The molecule has 5 heteroatoms. The number of fused-ring (bicyclic) bond motifs is 1. The lowest BCUT2D eigenvalue weighted by Crippen LogP contribution is -1.98. The summed E-state index contributed by atoms with van der Waals surface area (Å²) in [6.07, 6.45) is 0. The van der Waals surface area contributed by atoms with Gasteiger partial charge in [-0.3, -0.25) is 4.55 Å². The summed E-state index contributed by atoms with van der Waals surface area (Å²) in [4.78, 5) is -0.218. The summed E-state index contributed by atoms with van der Waals surface area (Å²) in [5.41, 5.74) is 0. The van der Waals surface area contributed by atoms with Gasteiger partial charge in [0.2, 0.25) is 0 Å². The Kier molecular flexibility index (Phi) is 2.13. The smallest absolute Gasteiger partial charge is 0.295 e. The molecule has 0 heterocycles. The van der Waals surface area contributed by atoms with Crippen LogP contribution in [0.5, 0.6) is 5.75 Å². The summed E-state index contributed by atoms with van der Waals surface area (Å²) < 4.78 is 31.0. The fraction of sp³-hybridized carbons (Fsp3) is 0. The van der Waals surface area contributed by atoms with Crippen LogP contribution in [0.2, 0.25) is 0 Å². The van der Waals surface area contributed by atoms with Crippen molar-refractivity contribution in [2.24, 2.45) is 0 Å². The van der Waals surface area contributed by atoms with Gasteiger partial charge >= 0.3 is 0 Å². The van der Waals surface area contributed by atoms with Crippen LogP contribution in [0, 0.1) is 6.07 Å². The molecule has 0 saturated heterocycles. The van der Waals surface area contributed by atoms with Crippen LogP contribution in [0.1, 0.15) is 0 Å². The molecule has 2 aromatic rings. The van der Waals surface area contributed by atoms with Crippen molar-refractivity contribution >= 4 is 20.9 Å². The van der Waals surface area contributed by atoms with E-state index >= 15 is 0 Å². The highest BCUT2D eigenvalue weighted by Crippen LogP contribution is 2.29.